The monoisotopic (exact) mass is 457 g/mol. The van der Waals surface area contributed by atoms with Gasteiger partial charge >= 0.3 is 6.09 Å². The molecule has 9 nitrogen and oxygen atoms in total. The van der Waals surface area contributed by atoms with Crippen LogP contribution in [0.3, 0.4) is 0 Å². The number of benzene rings is 2. The molecule has 1 heterocycles. The molecule has 0 bridgehead atoms. The van der Waals surface area contributed by atoms with E-state index in [0.717, 1.165) is 16.9 Å². The van der Waals surface area contributed by atoms with Gasteiger partial charge in [-0.2, -0.15) is 0 Å². The molecule has 3 rings (SSSR count). The van der Waals surface area contributed by atoms with Crippen molar-refractivity contribution in [2.75, 3.05) is 38.6 Å². The summed E-state index contributed by atoms with van der Waals surface area (Å²) in [6, 6.07) is 12.4. The number of rotatable bonds is 8. The zero-order chi connectivity index (χ0) is 23.1. The van der Waals surface area contributed by atoms with Crippen molar-refractivity contribution in [3.63, 3.8) is 0 Å². The molecule has 10 heteroatoms. The minimum Gasteiger partial charge on any atom is -0.493 e. The van der Waals surface area contributed by atoms with Crippen molar-refractivity contribution >= 4 is 33.5 Å². The molecule has 2 N–H and O–H groups in total. The van der Waals surface area contributed by atoms with Crippen LogP contribution in [0.25, 0.3) is 11.3 Å². The highest BCUT2D eigenvalue weighted by molar-refractivity contribution is 7.20. The van der Waals surface area contributed by atoms with Gasteiger partial charge in [-0.05, 0) is 19.1 Å². The lowest BCUT2D eigenvalue weighted by molar-refractivity contribution is 0.102. The second-order valence-corrected chi connectivity index (χ2v) is 7.28. The number of nitrogens with one attached hydrogen (secondary N) is 2. The summed E-state index contributed by atoms with van der Waals surface area (Å²) in [6.07, 6.45) is -0.622. The van der Waals surface area contributed by atoms with Crippen LogP contribution in [0.2, 0.25) is 0 Å². The van der Waals surface area contributed by atoms with Crippen molar-refractivity contribution < 1.29 is 28.5 Å². The summed E-state index contributed by atoms with van der Waals surface area (Å²) >= 11 is 1.12. The molecule has 0 saturated carbocycles. The SMILES string of the molecule is CCOC(=O)Nc1nc(-c2ccccc2)c(NC(=O)c2cc(OC)c(OC)c(OC)c2)s1. The first-order valence-electron chi connectivity index (χ1n) is 9.62. The molecule has 1 aromatic heterocycles. The number of hydrogen-bond donors (Lipinski definition) is 2. The molecule has 168 valence electrons. The largest absolute Gasteiger partial charge is 0.493 e. The highest BCUT2D eigenvalue weighted by Crippen LogP contribution is 2.40. The first kappa shape index (κ1) is 22.9. The van der Waals surface area contributed by atoms with E-state index in [4.69, 9.17) is 18.9 Å². The number of thiazole rings is 1. The van der Waals surface area contributed by atoms with Gasteiger partial charge in [0.1, 0.15) is 10.7 Å². The quantitative estimate of drug-likeness (QED) is 0.507. The van der Waals surface area contributed by atoms with Gasteiger partial charge in [0.25, 0.3) is 5.91 Å². The number of hydrogen-bond acceptors (Lipinski definition) is 8. The number of methoxy groups -OCH3 is 3. The molecule has 0 aliphatic rings. The lowest BCUT2D eigenvalue weighted by atomic mass is 10.1. The van der Waals surface area contributed by atoms with E-state index in [1.54, 1.807) is 19.1 Å². The number of nitrogens with zero attached hydrogens (tertiary/aromatic N) is 1. The number of carbonyl (C=O) groups is 2. The maximum Gasteiger partial charge on any atom is 0.413 e. The van der Waals surface area contributed by atoms with Crippen LogP contribution in [0.5, 0.6) is 17.2 Å². The average Bonchev–Trinajstić information content (AvgIpc) is 3.20. The third-order valence-electron chi connectivity index (χ3n) is 4.31. The van der Waals surface area contributed by atoms with E-state index in [2.05, 4.69) is 15.6 Å². The van der Waals surface area contributed by atoms with Crippen LogP contribution in [0.15, 0.2) is 42.5 Å². The van der Waals surface area contributed by atoms with Gasteiger partial charge < -0.3 is 24.3 Å². The molecule has 0 aliphatic carbocycles. The molecule has 0 unspecified atom stereocenters. The first-order valence-corrected chi connectivity index (χ1v) is 10.4. The molecule has 0 aliphatic heterocycles. The normalized spacial score (nSPS) is 10.2. The van der Waals surface area contributed by atoms with Crippen molar-refractivity contribution in [3.8, 4) is 28.5 Å². The van der Waals surface area contributed by atoms with Crippen LogP contribution in [0.1, 0.15) is 17.3 Å². The number of ether oxygens (including phenoxy) is 4. The van der Waals surface area contributed by atoms with E-state index in [-0.39, 0.29) is 6.61 Å². The topological polar surface area (TPSA) is 108 Å². The van der Waals surface area contributed by atoms with Gasteiger partial charge in [-0.15, -0.1) is 0 Å². The first-order chi connectivity index (χ1) is 15.5. The Morgan fingerprint density at radius 2 is 1.62 bits per heavy atom. The second kappa shape index (κ2) is 10.5. The molecule has 2 aromatic carbocycles. The van der Waals surface area contributed by atoms with Crippen LogP contribution in [0.4, 0.5) is 14.9 Å². The summed E-state index contributed by atoms with van der Waals surface area (Å²) in [5.74, 6) is 0.687. The van der Waals surface area contributed by atoms with Crippen LogP contribution in [0, 0.1) is 0 Å². The van der Waals surface area contributed by atoms with Crippen LogP contribution < -0.4 is 24.8 Å². The van der Waals surface area contributed by atoms with Gasteiger partial charge in [0.15, 0.2) is 16.6 Å². The summed E-state index contributed by atoms with van der Waals surface area (Å²) < 4.78 is 20.9. The molecular formula is C22H23N3O6S. The Balaban J connectivity index is 1.96. The van der Waals surface area contributed by atoms with Crippen LogP contribution in [-0.4, -0.2) is 44.9 Å². The summed E-state index contributed by atoms with van der Waals surface area (Å²) in [4.78, 5) is 29.4. The Kier molecular flexibility index (Phi) is 7.50. The Bertz CT molecular complexity index is 1080. The lowest BCUT2D eigenvalue weighted by Gasteiger charge is -2.14. The van der Waals surface area contributed by atoms with E-state index in [9.17, 15) is 9.59 Å². The van der Waals surface area contributed by atoms with E-state index in [1.807, 2.05) is 30.3 Å². The third-order valence-corrected chi connectivity index (χ3v) is 5.20. The van der Waals surface area contributed by atoms with Crippen molar-refractivity contribution in [1.82, 2.24) is 4.98 Å². The summed E-state index contributed by atoms with van der Waals surface area (Å²) in [7, 11) is 4.44. The summed E-state index contributed by atoms with van der Waals surface area (Å²) in [5.41, 5.74) is 1.59. The number of aromatic nitrogens is 1. The average molecular weight is 458 g/mol. The minimum absolute atomic E-state index is 0.230. The fraction of sp³-hybridized carbons (Fsp3) is 0.227. The van der Waals surface area contributed by atoms with Crippen LogP contribution >= 0.6 is 11.3 Å². The van der Waals surface area contributed by atoms with E-state index in [0.29, 0.717) is 38.6 Å². The van der Waals surface area contributed by atoms with Gasteiger partial charge in [0, 0.05) is 11.1 Å². The van der Waals surface area contributed by atoms with Crippen molar-refractivity contribution in [2.24, 2.45) is 0 Å². The predicted octanol–water partition coefficient (Wildman–Crippen LogP) is 4.66. The number of amides is 2. The van der Waals surface area contributed by atoms with Crippen molar-refractivity contribution in [2.45, 2.75) is 6.92 Å². The molecular weight excluding hydrogens is 434 g/mol. The van der Waals surface area contributed by atoms with Gasteiger partial charge in [-0.1, -0.05) is 41.7 Å². The molecule has 0 fully saturated rings. The zero-order valence-corrected chi connectivity index (χ0v) is 18.9. The fourth-order valence-electron chi connectivity index (χ4n) is 2.89. The Morgan fingerprint density at radius 3 is 2.19 bits per heavy atom. The Hall–Kier alpha value is -3.79. The van der Waals surface area contributed by atoms with Gasteiger partial charge in [0.2, 0.25) is 5.75 Å². The molecule has 0 atom stereocenters. The maximum absolute atomic E-state index is 13.1. The molecule has 3 aromatic rings. The van der Waals surface area contributed by atoms with E-state index >= 15 is 0 Å². The fourth-order valence-corrected chi connectivity index (χ4v) is 3.76. The molecule has 0 spiro atoms. The smallest absolute Gasteiger partial charge is 0.413 e. The van der Waals surface area contributed by atoms with Gasteiger partial charge in [-0.25, -0.2) is 9.78 Å². The Morgan fingerprint density at radius 1 is 0.969 bits per heavy atom. The Labute approximate surface area is 189 Å². The molecule has 0 radical (unpaired) electrons. The summed E-state index contributed by atoms with van der Waals surface area (Å²) in [6.45, 7) is 1.94. The molecule has 0 saturated heterocycles. The molecule has 32 heavy (non-hydrogen) atoms. The minimum atomic E-state index is -0.622. The van der Waals surface area contributed by atoms with E-state index in [1.165, 1.54) is 21.3 Å². The standard InChI is InChI=1S/C22H23N3O6S/c1-5-31-22(27)25-21-23-17(13-9-7-6-8-10-13)20(32-21)24-19(26)14-11-15(28-2)18(30-4)16(12-14)29-3/h6-12H,5H2,1-4H3,(H,24,26)(H,23,25,27). The molecule has 2 amide bonds. The maximum atomic E-state index is 13.1. The van der Waals surface area contributed by atoms with Gasteiger partial charge in [0.05, 0.1) is 27.9 Å². The highest BCUT2D eigenvalue weighted by atomic mass is 32.1. The lowest BCUT2D eigenvalue weighted by Crippen LogP contribution is -2.13. The summed E-state index contributed by atoms with van der Waals surface area (Å²) in [5, 5.41) is 6.19. The highest BCUT2D eigenvalue weighted by Gasteiger charge is 2.21. The number of carbonyl (C=O) groups excluding carboxylic acids is 2. The van der Waals surface area contributed by atoms with Crippen LogP contribution in [-0.2, 0) is 4.74 Å². The van der Waals surface area contributed by atoms with E-state index < -0.39 is 12.0 Å². The number of anilines is 2. The van der Waals surface area contributed by atoms with Crippen molar-refractivity contribution in [3.05, 3.63) is 48.0 Å². The third kappa shape index (κ3) is 5.09. The predicted molar refractivity (Wildman–Crippen MR) is 122 cm³/mol. The van der Waals surface area contributed by atoms with Gasteiger partial charge in [-0.3, -0.25) is 10.1 Å². The zero-order valence-electron chi connectivity index (χ0n) is 18.1. The van der Waals surface area contributed by atoms with Crippen molar-refractivity contribution in [1.29, 1.82) is 0 Å². The second-order valence-electron chi connectivity index (χ2n) is 6.28.